The van der Waals surface area contributed by atoms with E-state index in [1.54, 1.807) is 15.9 Å². The van der Waals surface area contributed by atoms with Crippen LogP contribution in [-0.2, 0) is 15.0 Å². The van der Waals surface area contributed by atoms with Gasteiger partial charge >= 0.3 is 0 Å². The minimum Gasteiger partial charge on any atom is -0.338 e. The maximum absolute atomic E-state index is 13.2. The molecule has 2 aliphatic heterocycles. The average Bonchev–Trinajstić information content (AvgIpc) is 3.24. The molecular formula is C25H29N3O3. The lowest BCUT2D eigenvalue weighted by Gasteiger charge is -2.39. The van der Waals surface area contributed by atoms with E-state index in [-0.39, 0.29) is 17.7 Å². The van der Waals surface area contributed by atoms with Crippen LogP contribution >= 0.6 is 0 Å². The third-order valence-electron chi connectivity index (χ3n) is 6.36. The normalized spacial score (nSPS) is 17.2. The molecule has 0 N–H and O–H groups in total. The number of hydrogen-bond acceptors (Lipinski definition) is 3. The quantitative estimate of drug-likeness (QED) is 0.765. The van der Waals surface area contributed by atoms with Crippen molar-refractivity contribution in [3.63, 3.8) is 0 Å². The lowest BCUT2D eigenvalue weighted by Crippen LogP contribution is -2.54. The van der Waals surface area contributed by atoms with Crippen LogP contribution in [-0.4, -0.2) is 60.2 Å². The highest BCUT2D eigenvalue weighted by molar-refractivity contribution is 5.99. The van der Waals surface area contributed by atoms with Crippen molar-refractivity contribution in [1.82, 2.24) is 9.80 Å². The summed E-state index contributed by atoms with van der Waals surface area (Å²) in [6, 6.07) is 17.1. The van der Waals surface area contributed by atoms with Crippen molar-refractivity contribution in [1.29, 1.82) is 0 Å². The number of hydrogen-bond donors (Lipinski definition) is 0. The number of piperazine rings is 1. The molecule has 0 saturated carbocycles. The molecule has 4 rings (SSSR count). The van der Waals surface area contributed by atoms with Gasteiger partial charge in [-0.3, -0.25) is 14.4 Å². The van der Waals surface area contributed by atoms with Crippen molar-refractivity contribution in [2.75, 3.05) is 37.6 Å². The van der Waals surface area contributed by atoms with Gasteiger partial charge in [0.1, 0.15) is 0 Å². The Labute approximate surface area is 183 Å². The Kier molecular flexibility index (Phi) is 5.81. The van der Waals surface area contributed by atoms with Gasteiger partial charge in [-0.05, 0) is 44.0 Å². The summed E-state index contributed by atoms with van der Waals surface area (Å²) in [5.41, 5.74) is 1.75. The molecule has 0 aromatic heterocycles. The molecule has 2 aliphatic rings. The molecule has 6 nitrogen and oxygen atoms in total. The molecule has 3 amide bonds. The summed E-state index contributed by atoms with van der Waals surface area (Å²) in [4.78, 5) is 43.7. The summed E-state index contributed by atoms with van der Waals surface area (Å²) in [6.45, 7) is 6.65. The van der Waals surface area contributed by atoms with E-state index in [1.807, 2.05) is 67.3 Å². The Hall–Kier alpha value is -3.15. The molecular weight excluding hydrogens is 390 g/mol. The van der Waals surface area contributed by atoms with Crippen LogP contribution in [0.3, 0.4) is 0 Å². The molecule has 2 saturated heterocycles. The number of carbonyl (C=O) groups is 3. The van der Waals surface area contributed by atoms with Crippen LogP contribution < -0.4 is 4.90 Å². The van der Waals surface area contributed by atoms with Gasteiger partial charge in [0.2, 0.25) is 11.8 Å². The van der Waals surface area contributed by atoms with E-state index in [1.165, 1.54) is 0 Å². The zero-order valence-electron chi connectivity index (χ0n) is 18.2. The Morgan fingerprint density at radius 1 is 0.839 bits per heavy atom. The lowest BCUT2D eigenvalue weighted by atomic mass is 9.83. The van der Waals surface area contributed by atoms with Gasteiger partial charge in [0.05, 0.1) is 5.41 Å². The molecule has 162 valence electrons. The fourth-order valence-electron chi connectivity index (χ4n) is 4.40. The molecule has 2 aromatic rings. The van der Waals surface area contributed by atoms with Gasteiger partial charge in [-0.2, -0.15) is 0 Å². The molecule has 6 heteroatoms. The first kappa shape index (κ1) is 21.1. The monoisotopic (exact) mass is 419 g/mol. The molecule has 0 radical (unpaired) electrons. The van der Waals surface area contributed by atoms with Crippen LogP contribution in [0, 0.1) is 0 Å². The third-order valence-corrected chi connectivity index (χ3v) is 6.36. The lowest BCUT2D eigenvalue weighted by molar-refractivity contribution is -0.137. The fraction of sp³-hybridized carbons (Fsp3) is 0.400. The van der Waals surface area contributed by atoms with E-state index in [2.05, 4.69) is 0 Å². The van der Waals surface area contributed by atoms with Gasteiger partial charge in [-0.25, -0.2) is 0 Å². The van der Waals surface area contributed by atoms with E-state index in [9.17, 15) is 14.4 Å². The largest absolute Gasteiger partial charge is 0.338 e. The van der Waals surface area contributed by atoms with E-state index in [0.717, 1.165) is 17.7 Å². The Balaban J connectivity index is 1.40. The number of anilines is 1. The standard InChI is InChI=1S/C25H29N3O3/c1-25(2,20-9-4-3-5-10-20)24(31)27-16-14-26(15-17-27)23(30)19-8-6-11-21(18-19)28-13-7-12-22(28)29/h3-6,8-11,18H,7,12-17H2,1-2H3. The molecule has 0 spiro atoms. The summed E-state index contributed by atoms with van der Waals surface area (Å²) < 4.78 is 0. The van der Waals surface area contributed by atoms with Crippen molar-refractivity contribution in [2.24, 2.45) is 0 Å². The van der Waals surface area contributed by atoms with Crippen molar-refractivity contribution in [3.05, 3.63) is 65.7 Å². The Morgan fingerprint density at radius 3 is 2.16 bits per heavy atom. The first-order valence-electron chi connectivity index (χ1n) is 10.9. The second-order valence-electron chi connectivity index (χ2n) is 8.77. The first-order valence-corrected chi connectivity index (χ1v) is 10.9. The van der Waals surface area contributed by atoms with Crippen LogP contribution in [0.2, 0.25) is 0 Å². The van der Waals surface area contributed by atoms with Crippen LogP contribution in [0.1, 0.15) is 42.6 Å². The Morgan fingerprint density at radius 2 is 1.52 bits per heavy atom. The van der Waals surface area contributed by atoms with Crippen molar-refractivity contribution in [3.8, 4) is 0 Å². The number of carbonyl (C=O) groups excluding carboxylic acids is 3. The summed E-state index contributed by atoms with van der Waals surface area (Å²) in [6.07, 6.45) is 1.42. The third kappa shape index (κ3) is 4.20. The summed E-state index contributed by atoms with van der Waals surface area (Å²) >= 11 is 0. The molecule has 2 heterocycles. The predicted molar refractivity (Wildman–Crippen MR) is 120 cm³/mol. The maximum atomic E-state index is 13.2. The molecule has 0 aliphatic carbocycles. The van der Waals surface area contributed by atoms with Gasteiger partial charge in [-0.15, -0.1) is 0 Å². The van der Waals surface area contributed by atoms with Gasteiger partial charge in [0, 0.05) is 50.4 Å². The Bertz CT molecular complexity index is 979. The molecule has 0 bridgehead atoms. The van der Waals surface area contributed by atoms with E-state index >= 15 is 0 Å². The van der Waals surface area contributed by atoms with Crippen molar-refractivity contribution < 1.29 is 14.4 Å². The second-order valence-corrected chi connectivity index (χ2v) is 8.77. The summed E-state index contributed by atoms with van der Waals surface area (Å²) in [7, 11) is 0. The predicted octanol–water partition coefficient (Wildman–Crippen LogP) is 3.08. The van der Waals surface area contributed by atoms with Gasteiger partial charge in [-0.1, -0.05) is 36.4 Å². The number of amides is 3. The maximum Gasteiger partial charge on any atom is 0.254 e. The highest BCUT2D eigenvalue weighted by Crippen LogP contribution is 2.27. The van der Waals surface area contributed by atoms with Gasteiger partial charge in [0.25, 0.3) is 5.91 Å². The number of nitrogens with zero attached hydrogens (tertiary/aromatic N) is 3. The molecule has 0 unspecified atom stereocenters. The topological polar surface area (TPSA) is 60.9 Å². The fourth-order valence-corrected chi connectivity index (χ4v) is 4.40. The molecule has 2 fully saturated rings. The summed E-state index contributed by atoms with van der Waals surface area (Å²) in [5, 5.41) is 0. The SMILES string of the molecule is CC(C)(C(=O)N1CCN(C(=O)c2cccc(N3CCCC3=O)c2)CC1)c1ccccc1. The minimum absolute atomic E-state index is 0.0529. The zero-order chi connectivity index (χ0) is 22.0. The number of benzene rings is 2. The first-order chi connectivity index (χ1) is 14.9. The second kappa shape index (κ2) is 8.53. The van der Waals surface area contributed by atoms with Gasteiger partial charge in [0.15, 0.2) is 0 Å². The molecule has 31 heavy (non-hydrogen) atoms. The smallest absolute Gasteiger partial charge is 0.254 e. The molecule has 2 aromatic carbocycles. The highest BCUT2D eigenvalue weighted by atomic mass is 16.2. The van der Waals surface area contributed by atoms with E-state index in [0.29, 0.717) is 44.7 Å². The zero-order valence-corrected chi connectivity index (χ0v) is 18.2. The van der Waals surface area contributed by atoms with E-state index in [4.69, 9.17) is 0 Å². The van der Waals surface area contributed by atoms with Crippen LogP contribution in [0.4, 0.5) is 5.69 Å². The van der Waals surface area contributed by atoms with Crippen LogP contribution in [0.25, 0.3) is 0 Å². The number of rotatable bonds is 4. The summed E-state index contributed by atoms with van der Waals surface area (Å²) in [5.74, 6) is 0.140. The van der Waals surface area contributed by atoms with Crippen LogP contribution in [0.15, 0.2) is 54.6 Å². The average molecular weight is 420 g/mol. The minimum atomic E-state index is -0.607. The van der Waals surface area contributed by atoms with Crippen molar-refractivity contribution in [2.45, 2.75) is 32.1 Å². The van der Waals surface area contributed by atoms with Crippen molar-refractivity contribution >= 4 is 23.4 Å². The van der Waals surface area contributed by atoms with Gasteiger partial charge < -0.3 is 14.7 Å². The van der Waals surface area contributed by atoms with Crippen LogP contribution in [0.5, 0.6) is 0 Å². The highest BCUT2D eigenvalue weighted by Gasteiger charge is 2.35. The molecule has 0 atom stereocenters. The van der Waals surface area contributed by atoms with E-state index < -0.39 is 5.41 Å².